The number of carbonyl (C=O) groups is 1. The van der Waals surface area contributed by atoms with Crippen LogP contribution in [0.15, 0.2) is 35.3 Å². The first kappa shape index (κ1) is 12.0. The number of para-hydroxylation sites is 2. The van der Waals surface area contributed by atoms with E-state index in [4.69, 9.17) is 4.74 Å². The van der Waals surface area contributed by atoms with Crippen LogP contribution in [0.3, 0.4) is 0 Å². The number of ketones is 1. The molecule has 0 N–H and O–H groups in total. The summed E-state index contributed by atoms with van der Waals surface area (Å²) in [5, 5.41) is 0. The Hall–Kier alpha value is -2.01. The van der Waals surface area contributed by atoms with Crippen molar-refractivity contribution in [2.24, 2.45) is 5.92 Å². The van der Waals surface area contributed by atoms with Crippen LogP contribution in [0, 0.1) is 5.92 Å². The van der Waals surface area contributed by atoms with Crippen molar-refractivity contribution in [2.45, 2.75) is 13.0 Å². The van der Waals surface area contributed by atoms with Gasteiger partial charge in [-0.05, 0) is 18.6 Å². The van der Waals surface area contributed by atoms with Crippen molar-refractivity contribution in [1.29, 1.82) is 0 Å². The van der Waals surface area contributed by atoms with Gasteiger partial charge in [-0.25, -0.2) is 4.98 Å². The summed E-state index contributed by atoms with van der Waals surface area (Å²) in [7, 11) is 0. The van der Waals surface area contributed by atoms with Crippen molar-refractivity contribution >= 4 is 16.8 Å². The molecule has 1 aliphatic heterocycles. The third-order valence-corrected chi connectivity index (χ3v) is 3.45. The standard InChI is InChI=1S/C14H14N2O3/c17-13(10-5-6-19-9-10)8-16-12-4-2-1-3-11(12)15-7-14(16)18/h1-4,7,10H,5-6,8-9H2. The summed E-state index contributed by atoms with van der Waals surface area (Å²) >= 11 is 0. The largest absolute Gasteiger partial charge is 0.381 e. The Kier molecular flexibility index (Phi) is 3.13. The minimum atomic E-state index is -0.244. The first-order valence-electron chi connectivity index (χ1n) is 6.31. The van der Waals surface area contributed by atoms with Crippen LogP contribution in [0.25, 0.3) is 11.0 Å². The number of rotatable bonds is 3. The molecule has 1 atom stereocenters. The molecule has 0 amide bonds. The molecule has 1 aliphatic rings. The predicted octanol–water partition coefficient (Wildman–Crippen LogP) is 1.00. The lowest BCUT2D eigenvalue weighted by atomic mass is 10.0. The van der Waals surface area contributed by atoms with Crippen LogP contribution in [-0.4, -0.2) is 28.5 Å². The lowest BCUT2D eigenvalue weighted by molar-refractivity contribution is -0.123. The van der Waals surface area contributed by atoms with E-state index in [1.165, 1.54) is 10.8 Å². The van der Waals surface area contributed by atoms with E-state index in [2.05, 4.69) is 4.98 Å². The van der Waals surface area contributed by atoms with Crippen molar-refractivity contribution in [3.05, 3.63) is 40.8 Å². The Morgan fingerprint density at radius 1 is 1.42 bits per heavy atom. The molecule has 0 aliphatic carbocycles. The minimum absolute atomic E-state index is 0.0518. The van der Waals surface area contributed by atoms with E-state index < -0.39 is 0 Å². The summed E-state index contributed by atoms with van der Waals surface area (Å²) in [6, 6.07) is 7.33. The first-order chi connectivity index (χ1) is 9.25. The lowest BCUT2D eigenvalue weighted by Crippen LogP contribution is -2.28. The van der Waals surface area contributed by atoms with Crippen LogP contribution in [0.5, 0.6) is 0 Å². The van der Waals surface area contributed by atoms with Gasteiger partial charge < -0.3 is 4.74 Å². The molecule has 2 heterocycles. The van der Waals surface area contributed by atoms with E-state index >= 15 is 0 Å². The molecule has 0 radical (unpaired) electrons. The van der Waals surface area contributed by atoms with Gasteiger partial charge in [0.15, 0.2) is 5.78 Å². The minimum Gasteiger partial charge on any atom is -0.381 e. The summed E-state index contributed by atoms with van der Waals surface area (Å²) in [5.74, 6) is -0.0326. The van der Waals surface area contributed by atoms with Gasteiger partial charge in [0.25, 0.3) is 5.56 Å². The molecule has 0 bridgehead atoms. The molecule has 1 aromatic heterocycles. The Labute approximate surface area is 109 Å². The van der Waals surface area contributed by atoms with Gasteiger partial charge in [-0.3, -0.25) is 14.2 Å². The maximum Gasteiger partial charge on any atom is 0.269 e. The molecule has 5 heteroatoms. The summed E-state index contributed by atoms with van der Waals surface area (Å²) in [6.45, 7) is 1.19. The third-order valence-electron chi connectivity index (χ3n) is 3.45. The number of ether oxygens (including phenoxy) is 1. The summed E-state index contributed by atoms with van der Waals surface area (Å²) in [4.78, 5) is 28.1. The Morgan fingerprint density at radius 2 is 2.26 bits per heavy atom. The molecule has 1 aromatic carbocycles. The van der Waals surface area contributed by atoms with Crippen LogP contribution >= 0.6 is 0 Å². The van der Waals surface area contributed by atoms with E-state index in [-0.39, 0.29) is 23.8 Å². The van der Waals surface area contributed by atoms with Crippen molar-refractivity contribution in [3.63, 3.8) is 0 Å². The second-order valence-corrected chi connectivity index (χ2v) is 4.70. The van der Waals surface area contributed by atoms with Gasteiger partial charge in [-0.2, -0.15) is 0 Å². The van der Waals surface area contributed by atoms with Gasteiger partial charge in [0, 0.05) is 12.5 Å². The highest BCUT2D eigenvalue weighted by Gasteiger charge is 2.24. The van der Waals surface area contributed by atoms with Crippen molar-refractivity contribution in [3.8, 4) is 0 Å². The van der Waals surface area contributed by atoms with Gasteiger partial charge in [0.05, 0.1) is 30.4 Å². The van der Waals surface area contributed by atoms with Gasteiger partial charge >= 0.3 is 0 Å². The number of hydrogen-bond donors (Lipinski definition) is 0. The van der Waals surface area contributed by atoms with Crippen molar-refractivity contribution in [2.75, 3.05) is 13.2 Å². The highest BCUT2D eigenvalue weighted by molar-refractivity contribution is 5.83. The average molecular weight is 258 g/mol. The zero-order chi connectivity index (χ0) is 13.2. The Morgan fingerprint density at radius 3 is 3.05 bits per heavy atom. The van der Waals surface area contributed by atoms with E-state index in [0.29, 0.717) is 18.7 Å². The molecule has 1 saturated heterocycles. The Balaban J connectivity index is 1.97. The number of fused-ring (bicyclic) bond motifs is 1. The van der Waals surface area contributed by atoms with Crippen molar-refractivity contribution < 1.29 is 9.53 Å². The molecule has 1 fully saturated rings. The molecular weight excluding hydrogens is 244 g/mol. The number of Topliss-reactive ketones (excluding diaryl/α,β-unsaturated/α-hetero) is 1. The maximum atomic E-state index is 12.2. The fourth-order valence-electron chi connectivity index (χ4n) is 2.35. The zero-order valence-corrected chi connectivity index (χ0v) is 10.4. The summed E-state index contributed by atoms with van der Waals surface area (Å²) in [6.07, 6.45) is 2.01. The highest BCUT2D eigenvalue weighted by Crippen LogP contribution is 2.15. The molecular formula is C14H14N2O3. The molecule has 19 heavy (non-hydrogen) atoms. The van der Waals surface area contributed by atoms with E-state index in [9.17, 15) is 9.59 Å². The SMILES string of the molecule is O=C(Cn1c(=O)cnc2ccccc21)C1CCOC1. The number of benzene rings is 1. The number of hydrogen-bond acceptors (Lipinski definition) is 4. The molecule has 1 unspecified atom stereocenters. The highest BCUT2D eigenvalue weighted by atomic mass is 16.5. The second kappa shape index (κ2) is 4.93. The molecule has 5 nitrogen and oxygen atoms in total. The van der Waals surface area contributed by atoms with Gasteiger partial charge in [0.1, 0.15) is 0 Å². The van der Waals surface area contributed by atoms with E-state index in [1.807, 2.05) is 24.3 Å². The normalized spacial score (nSPS) is 18.8. The van der Waals surface area contributed by atoms with Crippen molar-refractivity contribution in [1.82, 2.24) is 9.55 Å². The third kappa shape index (κ3) is 2.29. The smallest absolute Gasteiger partial charge is 0.269 e. The van der Waals surface area contributed by atoms with Crippen LogP contribution < -0.4 is 5.56 Å². The van der Waals surface area contributed by atoms with Crippen LogP contribution in [0.4, 0.5) is 0 Å². The summed E-state index contributed by atoms with van der Waals surface area (Å²) in [5.41, 5.74) is 1.17. The fourth-order valence-corrected chi connectivity index (χ4v) is 2.35. The van der Waals surface area contributed by atoms with Gasteiger partial charge in [-0.1, -0.05) is 12.1 Å². The van der Waals surface area contributed by atoms with Gasteiger partial charge in [-0.15, -0.1) is 0 Å². The number of nitrogens with zero attached hydrogens (tertiary/aromatic N) is 2. The summed E-state index contributed by atoms with van der Waals surface area (Å²) < 4.78 is 6.70. The molecule has 2 aromatic rings. The molecule has 98 valence electrons. The fraction of sp³-hybridized carbons (Fsp3) is 0.357. The quantitative estimate of drug-likeness (QED) is 0.824. The van der Waals surface area contributed by atoms with Crippen LogP contribution in [0.1, 0.15) is 6.42 Å². The number of aromatic nitrogens is 2. The number of carbonyl (C=O) groups excluding carboxylic acids is 1. The van der Waals surface area contributed by atoms with E-state index in [0.717, 1.165) is 11.9 Å². The predicted molar refractivity (Wildman–Crippen MR) is 69.9 cm³/mol. The monoisotopic (exact) mass is 258 g/mol. The lowest BCUT2D eigenvalue weighted by Gasteiger charge is -2.11. The second-order valence-electron chi connectivity index (χ2n) is 4.70. The maximum absolute atomic E-state index is 12.2. The first-order valence-corrected chi connectivity index (χ1v) is 6.31. The molecule has 0 spiro atoms. The topological polar surface area (TPSA) is 61.2 Å². The van der Waals surface area contributed by atoms with E-state index in [1.54, 1.807) is 0 Å². The van der Waals surface area contributed by atoms with Crippen LogP contribution in [0.2, 0.25) is 0 Å². The van der Waals surface area contributed by atoms with Gasteiger partial charge in [0.2, 0.25) is 0 Å². The average Bonchev–Trinajstić information content (AvgIpc) is 2.96. The molecule has 3 rings (SSSR count). The van der Waals surface area contributed by atoms with Crippen LogP contribution in [-0.2, 0) is 16.1 Å². The Bertz CT molecular complexity index is 672. The zero-order valence-electron chi connectivity index (χ0n) is 10.4. The molecule has 0 saturated carbocycles.